The maximum absolute atomic E-state index is 11.1. The number of aromatic carboxylic acids is 1. The lowest BCUT2D eigenvalue weighted by Crippen LogP contribution is -2.02. The highest BCUT2D eigenvalue weighted by Crippen LogP contribution is 2.41. The Labute approximate surface area is 127 Å². The van der Waals surface area contributed by atoms with Gasteiger partial charge in [0, 0.05) is 17.2 Å². The van der Waals surface area contributed by atoms with Crippen molar-refractivity contribution in [2.75, 3.05) is 7.11 Å². The van der Waals surface area contributed by atoms with Crippen molar-refractivity contribution in [3.8, 4) is 23.2 Å². The van der Waals surface area contributed by atoms with E-state index in [9.17, 15) is 15.0 Å². The molecule has 116 valence electrons. The molecular weight excluding hydrogens is 286 g/mol. The molecule has 0 bridgehead atoms. The summed E-state index contributed by atoms with van der Waals surface area (Å²) < 4.78 is 6.43. The van der Waals surface area contributed by atoms with E-state index in [1.807, 2.05) is 0 Å². The number of carboxylic acids is 1. The van der Waals surface area contributed by atoms with E-state index in [0.717, 1.165) is 36.8 Å². The van der Waals surface area contributed by atoms with Crippen LogP contribution in [0.5, 0.6) is 17.5 Å². The van der Waals surface area contributed by atoms with Crippen LogP contribution in [-0.2, 0) is 12.8 Å². The number of hydrogen-bond donors (Lipinski definition) is 3. The molecule has 0 unspecified atom stereocenters. The number of hydrogen-bond acceptors (Lipinski definition) is 4. The molecule has 1 aliphatic carbocycles. The predicted octanol–water partition coefficient (Wildman–Crippen LogP) is 2.47. The second kappa shape index (κ2) is 5.29. The first-order chi connectivity index (χ1) is 10.5. The fourth-order valence-corrected chi connectivity index (χ4v) is 3.01. The second-order valence-corrected chi connectivity index (χ2v) is 5.34. The van der Waals surface area contributed by atoms with Gasteiger partial charge >= 0.3 is 5.97 Å². The molecule has 0 radical (unpaired) electrons. The molecular formula is C16H17NO5. The maximum Gasteiger partial charge on any atom is 0.339 e. The monoisotopic (exact) mass is 303 g/mol. The van der Waals surface area contributed by atoms with E-state index in [2.05, 4.69) is 0 Å². The van der Waals surface area contributed by atoms with Gasteiger partial charge in [-0.1, -0.05) is 0 Å². The highest BCUT2D eigenvalue weighted by Gasteiger charge is 2.25. The topological polar surface area (TPSA) is 91.9 Å². The van der Waals surface area contributed by atoms with Gasteiger partial charge in [0.15, 0.2) is 0 Å². The zero-order valence-corrected chi connectivity index (χ0v) is 12.2. The van der Waals surface area contributed by atoms with E-state index in [0.29, 0.717) is 5.69 Å². The number of carbonyl (C=O) groups is 1. The summed E-state index contributed by atoms with van der Waals surface area (Å²) in [5.74, 6) is -0.895. The smallest absolute Gasteiger partial charge is 0.339 e. The van der Waals surface area contributed by atoms with E-state index >= 15 is 0 Å². The molecule has 0 amide bonds. The SMILES string of the molecule is COc1cc(-n2c(O)c3c(c2O)CCCC3)ccc1C(=O)O. The minimum absolute atomic E-state index is 0.0114. The Morgan fingerprint density at radius 2 is 1.73 bits per heavy atom. The van der Waals surface area contributed by atoms with Gasteiger partial charge < -0.3 is 20.1 Å². The van der Waals surface area contributed by atoms with Crippen LogP contribution in [0.4, 0.5) is 0 Å². The zero-order chi connectivity index (χ0) is 15.9. The Morgan fingerprint density at radius 1 is 1.14 bits per heavy atom. The van der Waals surface area contributed by atoms with Crippen molar-refractivity contribution in [2.45, 2.75) is 25.7 Å². The van der Waals surface area contributed by atoms with E-state index in [-0.39, 0.29) is 23.1 Å². The van der Waals surface area contributed by atoms with Crippen LogP contribution in [0, 0.1) is 0 Å². The fourth-order valence-electron chi connectivity index (χ4n) is 3.01. The molecule has 1 aromatic carbocycles. The summed E-state index contributed by atoms with van der Waals surface area (Å²) in [4.78, 5) is 11.1. The van der Waals surface area contributed by atoms with Crippen molar-refractivity contribution < 1.29 is 24.9 Å². The van der Waals surface area contributed by atoms with Crippen LogP contribution in [0.3, 0.4) is 0 Å². The first-order valence-corrected chi connectivity index (χ1v) is 7.10. The molecule has 2 aromatic rings. The Bertz CT molecular complexity index is 718. The third kappa shape index (κ3) is 2.07. The third-order valence-electron chi connectivity index (χ3n) is 4.10. The van der Waals surface area contributed by atoms with Gasteiger partial charge in [0.05, 0.1) is 12.8 Å². The van der Waals surface area contributed by atoms with Crippen LogP contribution in [0.2, 0.25) is 0 Å². The minimum atomic E-state index is -1.09. The van der Waals surface area contributed by atoms with Crippen LogP contribution < -0.4 is 4.74 Å². The van der Waals surface area contributed by atoms with Gasteiger partial charge in [0.1, 0.15) is 11.3 Å². The standard InChI is InChI=1S/C16H17NO5/c1-22-13-8-9(6-7-12(13)16(20)21)17-14(18)10-4-2-3-5-11(10)15(17)19/h6-8,18-19H,2-5H2,1H3,(H,20,21). The van der Waals surface area contributed by atoms with Crippen LogP contribution in [0.25, 0.3) is 5.69 Å². The summed E-state index contributed by atoms with van der Waals surface area (Å²) in [5.41, 5.74) is 2.03. The van der Waals surface area contributed by atoms with Gasteiger partial charge in [-0.3, -0.25) is 4.57 Å². The van der Waals surface area contributed by atoms with Crippen molar-refractivity contribution in [2.24, 2.45) is 0 Å². The summed E-state index contributed by atoms with van der Waals surface area (Å²) in [6.45, 7) is 0. The number of benzene rings is 1. The molecule has 6 heteroatoms. The number of aromatic nitrogens is 1. The molecule has 6 nitrogen and oxygen atoms in total. The Kier molecular flexibility index (Phi) is 3.44. The highest BCUT2D eigenvalue weighted by molar-refractivity contribution is 5.91. The Balaban J connectivity index is 2.16. The quantitative estimate of drug-likeness (QED) is 0.810. The van der Waals surface area contributed by atoms with Gasteiger partial charge in [-0.2, -0.15) is 0 Å². The lowest BCUT2D eigenvalue weighted by molar-refractivity contribution is 0.0693. The molecule has 0 aliphatic heterocycles. The molecule has 3 rings (SSSR count). The van der Waals surface area contributed by atoms with Crippen LogP contribution in [-0.4, -0.2) is 33.0 Å². The van der Waals surface area contributed by atoms with Crippen molar-refractivity contribution >= 4 is 5.97 Å². The fraction of sp³-hybridized carbons (Fsp3) is 0.312. The average Bonchev–Trinajstić information content (AvgIpc) is 2.78. The number of carboxylic acid groups (broad SMARTS) is 1. The molecule has 0 atom stereocenters. The molecule has 0 saturated heterocycles. The number of aromatic hydroxyl groups is 2. The second-order valence-electron chi connectivity index (χ2n) is 5.34. The number of ether oxygens (including phenoxy) is 1. The zero-order valence-electron chi connectivity index (χ0n) is 12.2. The largest absolute Gasteiger partial charge is 0.496 e. The van der Waals surface area contributed by atoms with Crippen LogP contribution >= 0.6 is 0 Å². The summed E-state index contributed by atoms with van der Waals surface area (Å²) in [6.07, 6.45) is 3.41. The lowest BCUT2D eigenvalue weighted by atomic mass is 9.95. The lowest BCUT2D eigenvalue weighted by Gasteiger charge is -2.11. The first-order valence-electron chi connectivity index (χ1n) is 7.10. The summed E-state index contributed by atoms with van der Waals surface area (Å²) in [6, 6.07) is 4.43. The van der Waals surface area contributed by atoms with Crippen molar-refractivity contribution in [1.82, 2.24) is 4.57 Å². The first kappa shape index (κ1) is 14.3. The number of methoxy groups -OCH3 is 1. The molecule has 0 fully saturated rings. The molecule has 3 N–H and O–H groups in total. The van der Waals surface area contributed by atoms with Crippen LogP contribution in [0.1, 0.15) is 34.3 Å². The Hall–Kier alpha value is -2.63. The molecule has 1 aromatic heterocycles. The van der Waals surface area contributed by atoms with E-state index < -0.39 is 5.97 Å². The number of fused-ring (bicyclic) bond motifs is 1. The molecule has 0 spiro atoms. The van der Waals surface area contributed by atoms with Gasteiger partial charge in [-0.05, 0) is 37.8 Å². The summed E-state index contributed by atoms with van der Waals surface area (Å²) >= 11 is 0. The van der Waals surface area contributed by atoms with Gasteiger partial charge in [-0.25, -0.2) is 4.79 Å². The van der Waals surface area contributed by atoms with Crippen molar-refractivity contribution in [3.05, 3.63) is 34.9 Å². The highest BCUT2D eigenvalue weighted by atomic mass is 16.5. The maximum atomic E-state index is 11.1. The van der Waals surface area contributed by atoms with Gasteiger partial charge in [0.25, 0.3) is 0 Å². The van der Waals surface area contributed by atoms with E-state index in [4.69, 9.17) is 9.84 Å². The van der Waals surface area contributed by atoms with E-state index in [1.165, 1.54) is 29.9 Å². The average molecular weight is 303 g/mol. The molecule has 22 heavy (non-hydrogen) atoms. The predicted molar refractivity (Wildman–Crippen MR) is 79.3 cm³/mol. The van der Waals surface area contributed by atoms with Crippen molar-refractivity contribution in [1.29, 1.82) is 0 Å². The number of rotatable bonds is 3. The minimum Gasteiger partial charge on any atom is -0.496 e. The Morgan fingerprint density at radius 3 is 2.23 bits per heavy atom. The molecule has 0 saturated carbocycles. The normalized spacial score (nSPS) is 13.7. The van der Waals surface area contributed by atoms with Crippen molar-refractivity contribution in [3.63, 3.8) is 0 Å². The van der Waals surface area contributed by atoms with Gasteiger partial charge in [-0.15, -0.1) is 0 Å². The number of nitrogens with zero attached hydrogens (tertiary/aromatic N) is 1. The third-order valence-corrected chi connectivity index (χ3v) is 4.10. The summed E-state index contributed by atoms with van der Waals surface area (Å²) in [7, 11) is 1.38. The summed E-state index contributed by atoms with van der Waals surface area (Å²) in [5, 5.41) is 29.9. The molecule has 1 heterocycles. The van der Waals surface area contributed by atoms with Gasteiger partial charge in [0.2, 0.25) is 11.8 Å². The van der Waals surface area contributed by atoms with E-state index in [1.54, 1.807) is 0 Å². The van der Waals surface area contributed by atoms with Crippen LogP contribution in [0.15, 0.2) is 18.2 Å². The molecule has 1 aliphatic rings.